The van der Waals surface area contributed by atoms with Crippen LogP contribution in [-0.2, 0) is 17.8 Å². The lowest BCUT2D eigenvalue weighted by molar-refractivity contribution is -0.192. The van der Waals surface area contributed by atoms with Crippen molar-refractivity contribution in [3.05, 3.63) is 71.3 Å². The Morgan fingerprint density at radius 2 is 1.76 bits per heavy atom. The topological polar surface area (TPSA) is 130 Å². The number of hydrogen-bond donors (Lipinski definition) is 2. The van der Waals surface area contributed by atoms with Crippen LogP contribution in [0.5, 0.6) is 0 Å². The van der Waals surface area contributed by atoms with Crippen LogP contribution in [0.3, 0.4) is 0 Å². The third kappa shape index (κ3) is 5.95. The van der Waals surface area contributed by atoms with Gasteiger partial charge in [-0.2, -0.15) is 13.2 Å². The number of pyridine rings is 1. The number of benzene rings is 1. The predicted octanol–water partition coefficient (Wildman–Crippen LogP) is 2.95. The molecule has 1 aromatic carbocycles. The predicted molar refractivity (Wildman–Crippen MR) is 124 cm³/mol. The summed E-state index contributed by atoms with van der Waals surface area (Å²) in [6, 6.07) is 7.56. The van der Waals surface area contributed by atoms with Gasteiger partial charge >= 0.3 is 12.1 Å². The number of anilines is 1. The second-order valence-electron chi connectivity index (χ2n) is 9.00. The first kappa shape index (κ1) is 26.7. The van der Waals surface area contributed by atoms with Crippen LogP contribution < -0.4 is 5.32 Å². The van der Waals surface area contributed by atoms with Gasteiger partial charge in [0.1, 0.15) is 11.6 Å². The lowest BCUT2D eigenvalue weighted by atomic mass is 9.89. The number of carboxylic acids is 1. The summed E-state index contributed by atoms with van der Waals surface area (Å²) in [4.78, 5) is 40.5. The zero-order valence-electron chi connectivity index (χ0n) is 19.9. The number of nitrogens with zero attached hydrogens (tertiary/aromatic N) is 5. The van der Waals surface area contributed by atoms with Crippen molar-refractivity contribution in [3.8, 4) is 0 Å². The summed E-state index contributed by atoms with van der Waals surface area (Å²) in [6.07, 6.45) is -1.11. The molecule has 0 aliphatic carbocycles. The molecule has 2 aliphatic rings. The van der Waals surface area contributed by atoms with Crippen LogP contribution >= 0.6 is 0 Å². The number of carboxylic acid groups (broad SMARTS) is 1. The Balaban J connectivity index is 0.000000426. The van der Waals surface area contributed by atoms with Gasteiger partial charge in [-0.05, 0) is 48.6 Å². The monoisotopic (exact) mass is 534 g/mol. The maximum Gasteiger partial charge on any atom is 0.490 e. The number of aromatic nitrogens is 4. The average Bonchev–Trinajstić information content (AvgIpc) is 3.45. The third-order valence-electron chi connectivity index (χ3n) is 6.20. The highest BCUT2D eigenvalue weighted by Crippen LogP contribution is 2.33. The second-order valence-corrected chi connectivity index (χ2v) is 9.00. The molecule has 1 fully saturated rings. The first-order valence-electron chi connectivity index (χ1n) is 11.4. The minimum atomic E-state index is -5.08. The van der Waals surface area contributed by atoms with Crippen molar-refractivity contribution in [1.82, 2.24) is 24.6 Å². The van der Waals surface area contributed by atoms with Gasteiger partial charge in [-0.25, -0.2) is 9.18 Å². The number of rotatable bonds is 3. The zero-order valence-corrected chi connectivity index (χ0v) is 19.9. The van der Waals surface area contributed by atoms with Gasteiger partial charge < -0.3 is 19.9 Å². The second kappa shape index (κ2) is 10.6. The number of hydrogen-bond acceptors (Lipinski definition) is 6. The molecule has 0 saturated carbocycles. The van der Waals surface area contributed by atoms with E-state index in [1.807, 2.05) is 22.5 Å². The molecule has 10 nitrogen and oxygen atoms in total. The van der Waals surface area contributed by atoms with E-state index in [0.717, 1.165) is 11.4 Å². The van der Waals surface area contributed by atoms with Crippen molar-refractivity contribution >= 4 is 23.5 Å². The van der Waals surface area contributed by atoms with Crippen molar-refractivity contribution in [3.63, 3.8) is 0 Å². The molecule has 3 aromatic rings. The van der Waals surface area contributed by atoms with Crippen molar-refractivity contribution in [1.29, 1.82) is 0 Å². The van der Waals surface area contributed by atoms with Crippen LogP contribution in [-0.4, -0.2) is 66.8 Å². The van der Waals surface area contributed by atoms with E-state index in [-0.39, 0.29) is 23.6 Å². The molecular weight excluding hydrogens is 512 g/mol. The van der Waals surface area contributed by atoms with E-state index in [2.05, 4.69) is 20.5 Å². The van der Waals surface area contributed by atoms with Gasteiger partial charge in [-0.15, -0.1) is 10.2 Å². The lowest BCUT2D eigenvalue weighted by Crippen LogP contribution is -2.31. The van der Waals surface area contributed by atoms with Crippen LogP contribution in [0.1, 0.15) is 32.4 Å². The van der Waals surface area contributed by atoms with Crippen molar-refractivity contribution < 1.29 is 37.1 Å². The Bertz CT molecular complexity index is 1380. The number of alkyl halides is 3. The zero-order chi connectivity index (χ0) is 27.6. The number of amides is 2. The van der Waals surface area contributed by atoms with E-state index in [1.54, 1.807) is 18.5 Å². The van der Waals surface area contributed by atoms with Crippen LogP contribution in [0, 0.1) is 24.6 Å². The normalized spacial score (nSPS) is 18.1. The smallest absolute Gasteiger partial charge is 0.475 e. The van der Waals surface area contributed by atoms with Crippen molar-refractivity contribution in [2.24, 2.45) is 11.8 Å². The molecule has 2 amide bonds. The molecule has 0 unspecified atom stereocenters. The number of likely N-dealkylation sites (tertiary alicyclic amines) is 1. The first-order chi connectivity index (χ1) is 17.9. The van der Waals surface area contributed by atoms with Gasteiger partial charge in [0.15, 0.2) is 0 Å². The maximum atomic E-state index is 13.4. The van der Waals surface area contributed by atoms with Crippen molar-refractivity contribution in [2.75, 3.05) is 18.4 Å². The SMILES string of the molecule is Cc1cncc(C(=O)N2C[C@@H]3Cc4nnc(C(=O)Nc5cccc(F)c5)n4C[C@@H]3C2)c1.O=C(O)C(F)(F)F. The molecule has 14 heteroatoms. The summed E-state index contributed by atoms with van der Waals surface area (Å²) in [7, 11) is 0. The Hall–Kier alpha value is -4.36. The Kier molecular flexibility index (Phi) is 7.41. The van der Waals surface area contributed by atoms with E-state index in [9.17, 15) is 27.2 Å². The highest BCUT2D eigenvalue weighted by molar-refractivity contribution is 6.01. The molecule has 0 spiro atoms. The number of carbonyl (C=O) groups excluding carboxylic acids is 2. The molecule has 2 aliphatic heterocycles. The van der Waals surface area contributed by atoms with E-state index < -0.39 is 23.9 Å². The fraction of sp³-hybridized carbons (Fsp3) is 0.333. The molecule has 1 saturated heterocycles. The van der Waals surface area contributed by atoms with Crippen LogP contribution in [0.4, 0.5) is 23.2 Å². The summed E-state index contributed by atoms with van der Waals surface area (Å²) >= 11 is 0. The molecule has 5 rings (SSSR count). The number of aliphatic carboxylic acids is 1. The Morgan fingerprint density at radius 1 is 1.05 bits per heavy atom. The van der Waals surface area contributed by atoms with Gasteiger partial charge in [0.05, 0.1) is 5.56 Å². The van der Waals surface area contributed by atoms with E-state index in [0.29, 0.717) is 37.3 Å². The highest BCUT2D eigenvalue weighted by atomic mass is 19.4. The highest BCUT2D eigenvalue weighted by Gasteiger charge is 2.41. The van der Waals surface area contributed by atoms with E-state index in [4.69, 9.17) is 9.90 Å². The van der Waals surface area contributed by atoms with Crippen LogP contribution in [0.2, 0.25) is 0 Å². The van der Waals surface area contributed by atoms with Gasteiger partial charge in [0.25, 0.3) is 11.8 Å². The minimum absolute atomic E-state index is 0.0227. The van der Waals surface area contributed by atoms with Crippen LogP contribution in [0.15, 0.2) is 42.7 Å². The fourth-order valence-corrected chi connectivity index (χ4v) is 4.47. The molecule has 0 bridgehead atoms. The quantitative estimate of drug-likeness (QED) is 0.494. The maximum absolute atomic E-state index is 13.4. The molecule has 200 valence electrons. The summed E-state index contributed by atoms with van der Waals surface area (Å²) < 4.78 is 47.0. The summed E-state index contributed by atoms with van der Waals surface area (Å²) in [5.41, 5.74) is 1.90. The number of carbonyl (C=O) groups is 3. The van der Waals surface area contributed by atoms with Gasteiger partial charge in [0.2, 0.25) is 5.82 Å². The molecule has 38 heavy (non-hydrogen) atoms. The number of fused-ring (bicyclic) bond motifs is 2. The third-order valence-corrected chi connectivity index (χ3v) is 6.20. The van der Waals surface area contributed by atoms with Gasteiger partial charge in [-0.1, -0.05) is 6.07 Å². The molecule has 2 N–H and O–H groups in total. The summed E-state index contributed by atoms with van der Waals surface area (Å²) in [5.74, 6) is -2.22. The number of nitrogens with one attached hydrogen (secondary N) is 1. The first-order valence-corrected chi connectivity index (χ1v) is 11.4. The molecule has 4 heterocycles. The molecule has 2 aromatic heterocycles. The number of aryl methyl sites for hydroxylation is 1. The van der Waals surface area contributed by atoms with Crippen molar-refractivity contribution in [2.45, 2.75) is 26.1 Å². The van der Waals surface area contributed by atoms with E-state index in [1.165, 1.54) is 18.2 Å². The van der Waals surface area contributed by atoms with Gasteiger partial charge in [-0.3, -0.25) is 14.6 Å². The summed E-state index contributed by atoms with van der Waals surface area (Å²) in [6.45, 7) is 3.74. The Morgan fingerprint density at radius 3 is 2.42 bits per heavy atom. The molecular formula is C24H22F4N6O4. The summed E-state index contributed by atoms with van der Waals surface area (Å²) in [5, 5.41) is 18.1. The van der Waals surface area contributed by atoms with E-state index >= 15 is 0 Å². The Labute approximate surface area is 213 Å². The van der Waals surface area contributed by atoms with Gasteiger partial charge in [0, 0.05) is 44.1 Å². The largest absolute Gasteiger partial charge is 0.490 e. The minimum Gasteiger partial charge on any atom is -0.475 e. The fourth-order valence-electron chi connectivity index (χ4n) is 4.47. The number of halogens is 4. The standard InChI is InChI=1S/C22H21FN6O2.C2HF3O2/c1-13-5-14(9-24-8-13)22(31)28-10-15-6-19-26-27-20(29(19)12-16(15)11-28)21(30)25-18-4-2-3-17(23)7-18;3-2(4,5)1(6)7/h2-5,7-9,15-16H,6,10-12H2,1H3,(H,25,30);(H,6,7)/t15-,16-;/m0./s1. The average molecular weight is 534 g/mol. The molecule has 0 radical (unpaired) electrons. The molecule has 2 atom stereocenters. The van der Waals surface area contributed by atoms with Crippen LogP contribution in [0.25, 0.3) is 0 Å². The lowest BCUT2D eigenvalue weighted by Gasteiger charge is -2.25.